The normalized spacial score (nSPS) is 11.1. The Morgan fingerprint density at radius 1 is 1.00 bits per heavy atom. The van der Waals surface area contributed by atoms with E-state index in [0.717, 1.165) is 38.6 Å². The minimum atomic E-state index is 0.118. The van der Waals surface area contributed by atoms with Crippen LogP contribution in [0, 0.1) is 0 Å². The maximum absolute atomic E-state index is 11.5. The maximum atomic E-state index is 11.5. The zero-order chi connectivity index (χ0) is 15.6. The second kappa shape index (κ2) is 17.2. The second-order valence-corrected chi connectivity index (χ2v) is 5.39. The van der Waals surface area contributed by atoms with Gasteiger partial charge < -0.3 is 10.4 Å². The smallest absolute Gasteiger partial charge is 0.221 e. The number of unbranched alkanes of at least 4 members (excludes halogenated alkanes) is 6. The van der Waals surface area contributed by atoms with E-state index in [4.69, 9.17) is 5.11 Å². The van der Waals surface area contributed by atoms with Crippen LogP contribution in [0.1, 0.15) is 71.1 Å². The fraction of sp³-hybridized carbons (Fsp3) is 0.824. The summed E-state index contributed by atoms with van der Waals surface area (Å²) in [5, 5.41) is 14.8. The van der Waals surface area contributed by atoms with Crippen molar-refractivity contribution in [3.05, 3.63) is 12.2 Å². The van der Waals surface area contributed by atoms with Gasteiger partial charge in [0.2, 0.25) is 5.91 Å². The summed E-state index contributed by atoms with van der Waals surface area (Å²) in [6.07, 6.45) is 14.8. The van der Waals surface area contributed by atoms with Crippen molar-refractivity contribution in [2.75, 3.05) is 19.8 Å². The first kappa shape index (κ1) is 20.1. The number of carbonyl (C=O) groups excluding carboxylic acids is 1. The molecule has 0 spiro atoms. The second-order valence-electron chi connectivity index (χ2n) is 5.39. The number of rotatable bonds is 15. The van der Waals surface area contributed by atoms with Gasteiger partial charge in [-0.05, 0) is 32.2 Å². The minimum absolute atomic E-state index is 0.118. The van der Waals surface area contributed by atoms with Crippen LogP contribution in [0.4, 0.5) is 0 Å². The molecule has 4 nitrogen and oxygen atoms in total. The van der Waals surface area contributed by atoms with Crippen LogP contribution in [0.3, 0.4) is 0 Å². The van der Waals surface area contributed by atoms with Crippen molar-refractivity contribution >= 4 is 5.91 Å². The fourth-order valence-electron chi connectivity index (χ4n) is 2.08. The molecule has 0 radical (unpaired) electrons. The van der Waals surface area contributed by atoms with E-state index < -0.39 is 0 Å². The summed E-state index contributed by atoms with van der Waals surface area (Å²) in [6, 6.07) is 0. The van der Waals surface area contributed by atoms with Gasteiger partial charge in [0.05, 0.1) is 6.67 Å². The lowest BCUT2D eigenvalue weighted by molar-refractivity contribution is -0.121. The first-order valence-corrected chi connectivity index (χ1v) is 8.54. The summed E-state index contributed by atoms with van der Waals surface area (Å²) in [7, 11) is 0. The number of amides is 1. The number of allylic oxidation sites excluding steroid dienone is 2. The van der Waals surface area contributed by atoms with Crippen molar-refractivity contribution in [3.63, 3.8) is 0 Å². The lowest BCUT2D eigenvalue weighted by Crippen LogP contribution is -2.34. The molecule has 0 saturated carbocycles. The minimum Gasteiger partial charge on any atom is -0.396 e. The summed E-state index contributed by atoms with van der Waals surface area (Å²) in [4.78, 5) is 11.5. The van der Waals surface area contributed by atoms with Crippen LogP contribution in [0.15, 0.2) is 12.2 Å². The Bertz CT molecular complexity index is 255. The average molecular weight is 298 g/mol. The zero-order valence-electron chi connectivity index (χ0n) is 13.7. The Balaban J connectivity index is 3.14. The van der Waals surface area contributed by atoms with Crippen LogP contribution < -0.4 is 10.6 Å². The number of hydrogen-bond donors (Lipinski definition) is 3. The van der Waals surface area contributed by atoms with Crippen molar-refractivity contribution in [3.8, 4) is 0 Å². The lowest BCUT2D eigenvalue weighted by atomic mass is 10.1. The molecule has 0 fully saturated rings. The van der Waals surface area contributed by atoms with E-state index in [-0.39, 0.29) is 5.91 Å². The summed E-state index contributed by atoms with van der Waals surface area (Å²) in [5.74, 6) is 0.118. The maximum Gasteiger partial charge on any atom is 0.221 e. The van der Waals surface area contributed by atoms with E-state index in [1.165, 1.54) is 25.7 Å². The van der Waals surface area contributed by atoms with Gasteiger partial charge >= 0.3 is 0 Å². The van der Waals surface area contributed by atoms with E-state index in [1.54, 1.807) is 0 Å². The third-order valence-corrected chi connectivity index (χ3v) is 3.36. The van der Waals surface area contributed by atoms with E-state index in [9.17, 15) is 4.79 Å². The molecule has 0 atom stereocenters. The van der Waals surface area contributed by atoms with Gasteiger partial charge in [0.15, 0.2) is 0 Å². The van der Waals surface area contributed by atoms with Crippen molar-refractivity contribution in [2.45, 2.75) is 71.1 Å². The van der Waals surface area contributed by atoms with Crippen LogP contribution in [0.25, 0.3) is 0 Å². The van der Waals surface area contributed by atoms with Gasteiger partial charge in [-0.2, -0.15) is 0 Å². The van der Waals surface area contributed by atoms with Crippen LogP contribution in [0.2, 0.25) is 0 Å². The molecular formula is C17H34N2O2. The number of hydrogen-bond acceptors (Lipinski definition) is 3. The molecule has 3 N–H and O–H groups in total. The molecule has 0 saturated heterocycles. The van der Waals surface area contributed by atoms with E-state index in [2.05, 4.69) is 29.7 Å². The van der Waals surface area contributed by atoms with E-state index in [0.29, 0.717) is 19.7 Å². The van der Waals surface area contributed by atoms with Gasteiger partial charge in [0.1, 0.15) is 0 Å². The number of nitrogens with one attached hydrogen (secondary N) is 2. The Labute approximate surface area is 130 Å². The molecule has 21 heavy (non-hydrogen) atoms. The Morgan fingerprint density at radius 3 is 2.33 bits per heavy atom. The van der Waals surface area contributed by atoms with Crippen LogP contribution in [-0.2, 0) is 4.79 Å². The topological polar surface area (TPSA) is 61.4 Å². The third-order valence-electron chi connectivity index (χ3n) is 3.36. The van der Waals surface area contributed by atoms with Crippen LogP contribution in [0.5, 0.6) is 0 Å². The van der Waals surface area contributed by atoms with Gasteiger partial charge in [-0.1, -0.05) is 51.2 Å². The fourth-order valence-corrected chi connectivity index (χ4v) is 2.08. The average Bonchev–Trinajstić information content (AvgIpc) is 2.49. The van der Waals surface area contributed by atoms with Gasteiger partial charge in [-0.25, -0.2) is 0 Å². The summed E-state index contributed by atoms with van der Waals surface area (Å²) < 4.78 is 0. The molecule has 0 aliphatic carbocycles. The SMILES string of the molecule is CC/C=C/CCC(=O)NCNCCCCCCCCCO. The predicted octanol–water partition coefficient (Wildman–Crippen LogP) is 3.12. The van der Waals surface area contributed by atoms with Gasteiger partial charge in [0, 0.05) is 13.0 Å². The van der Waals surface area contributed by atoms with Gasteiger partial charge in [0.25, 0.3) is 0 Å². The summed E-state index contributed by atoms with van der Waals surface area (Å²) in [5.41, 5.74) is 0. The van der Waals surface area contributed by atoms with Crippen molar-refractivity contribution in [1.82, 2.24) is 10.6 Å². The standard InChI is InChI=1S/C17H34N2O2/c1-2-3-4-10-13-17(21)19-16-18-14-11-8-6-5-7-9-12-15-20/h3-4,18,20H,2,5-16H2,1H3,(H,19,21)/b4-3+. The number of carbonyl (C=O) groups is 1. The van der Waals surface area contributed by atoms with E-state index in [1.807, 2.05) is 0 Å². The summed E-state index contributed by atoms with van der Waals surface area (Å²) >= 11 is 0. The molecule has 0 unspecified atom stereocenters. The molecule has 0 aromatic rings. The van der Waals surface area contributed by atoms with Crippen molar-refractivity contribution in [1.29, 1.82) is 0 Å². The van der Waals surface area contributed by atoms with Gasteiger partial charge in [-0.3, -0.25) is 10.1 Å². The molecule has 0 aliphatic heterocycles. The highest BCUT2D eigenvalue weighted by Gasteiger charge is 1.97. The monoisotopic (exact) mass is 298 g/mol. The molecule has 0 heterocycles. The summed E-state index contributed by atoms with van der Waals surface area (Å²) in [6.45, 7) is 3.96. The predicted molar refractivity (Wildman–Crippen MR) is 89.1 cm³/mol. The molecule has 0 aliphatic rings. The Hall–Kier alpha value is -0.870. The third kappa shape index (κ3) is 17.1. The number of aliphatic hydroxyl groups excluding tert-OH is 1. The van der Waals surface area contributed by atoms with Gasteiger partial charge in [-0.15, -0.1) is 0 Å². The largest absolute Gasteiger partial charge is 0.396 e. The highest BCUT2D eigenvalue weighted by molar-refractivity contribution is 5.75. The van der Waals surface area contributed by atoms with Crippen LogP contribution in [-0.4, -0.2) is 30.8 Å². The quantitative estimate of drug-likeness (QED) is 0.247. The van der Waals surface area contributed by atoms with Crippen LogP contribution >= 0.6 is 0 Å². The molecule has 4 heteroatoms. The first-order chi connectivity index (χ1) is 10.3. The molecule has 0 aromatic carbocycles. The molecule has 1 amide bonds. The highest BCUT2D eigenvalue weighted by atomic mass is 16.2. The Morgan fingerprint density at radius 2 is 1.67 bits per heavy atom. The first-order valence-electron chi connectivity index (χ1n) is 8.54. The molecule has 0 bridgehead atoms. The Kier molecular flexibility index (Phi) is 16.5. The van der Waals surface area contributed by atoms with E-state index >= 15 is 0 Å². The zero-order valence-corrected chi connectivity index (χ0v) is 13.7. The highest BCUT2D eigenvalue weighted by Crippen LogP contribution is 2.06. The van der Waals surface area contributed by atoms with Crippen molar-refractivity contribution in [2.24, 2.45) is 0 Å². The molecular weight excluding hydrogens is 264 g/mol. The van der Waals surface area contributed by atoms with Crippen molar-refractivity contribution < 1.29 is 9.90 Å². The molecule has 0 aromatic heterocycles. The molecule has 0 rings (SSSR count). The lowest BCUT2D eigenvalue weighted by Gasteiger charge is -2.06. The number of aliphatic hydroxyl groups is 1. The molecule has 124 valence electrons.